The summed E-state index contributed by atoms with van der Waals surface area (Å²) in [5.74, 6) is 0.224. The van der Waals surface area contributed by atoms with Gasteiger partial charge in [0.15, 0.2) is 0 Å². The van der Waals surface area contributed by atoms with Crippen LogP contribution in [0.1, 0.15) is 21.6 Å². The van der Waals surface area contributed by atoms with Crippen molar-refractivity contribution >= 4 is 11.6 Å². The molecule has 0 aliphatic rings. The third-order valence-electron chi connectivity index (χ3n) is 3.56. The molecule has 0 fully saturated rings. The first-order valence-electron chi connectivity index (χ1n) is 7.88. The van der Waals surface area contributed by atoms with E-state index in [4.69, 9.17) is 4.74 Å². The Labute approximate surface area is 152 Å². The first-order valence-corrected chi connectivity index (χ1v) is 7.88. The number of anilines is 1. The number of ether oxygens (including phenoxy) is 1. The fourth-order valence-corrected chi connectivity index (χ4v) is 2.21. The molecule has 8 heteroatoms. The van der Waals surface area contributed by atoms with Gasteiger partial charge in [0.25, 0.3) is 5.91 Å². The second-order valence-electron chi connectivity index (χ2n) is 5.67. The van der Waals surface area contributed by atoms with Crippen molar-refractivity contribution in [2.24, 2.45) is 0 Å². The molecule has 5 nitrogen and oxygen atoms in total. The van der Waals surface area contributed by atoms with E-state index in [2.05, 4.69) is 15.5 Å². The topological polar surface area (TPSA) is 64.1 Å². The molecule has 0 bridgehead atoms. The predicted molar refractivity (Wildman–Crippen MR) is 92.7 cm³/mol. The number of hydrogen-bond donors (Lipinski definition) is 1. The molecule has 1 aromatic heterocycles. The number of nitrogens with one attached hydrogen (secondary N) is 1. The van der Waals surface area contributed by atoms with Gasteiger partial charge in [-0.25, -0.2) is 0 Å². The Morgan fingerprint density at radius 1 is 1.00 bits per heavy atom. The lowest BCUT2D eigenvalue weighted by atomic mass is 10.1. The highest BCUT2D eigenvalue weighted by Gasteiger charge is 2.30. The fraction of sp³-hybridized carbons (Fsp3) is 0.105. The molecule has 0 aliphatic heterocycles. The SMILES string of the molecule is Cc1ccc(Oc2ccc(C(=O)Nc3cccc(C(F)(F)F)c3)cc2)nn1. The molecular formula is C19H14F3N3O2. The average Bonchev–Trinajstić information content (AvgIpc) is 2.64. The third-order valence-corrected chi connectivity index (χ3v) is 3.56. The first kappa shape index (κ1) is 18.4. The minimum absolute atomic E-state index is 0.0603. The molecule has 0 unspecified atom stereocenters. The second-order valence-corrected chi connectivity index (χ2v) is 5.67. The Hall–Kier alpha value is -3.42. The van der Waals surface area contributed by atoms with Gasteiger partial charge in [0.1, 0.15) is 5.75 Å². The molecule has 3 aromatic rings. The van der Waals surface area contributed by atoms with E-state index in [1.54, 1.807) is 31.2 Å². The van der Waals surface area contributed by atoms with Crippen LogP contribution in [0.2, 0.25) is 0 Å². The summed E-state index contributed by atoms with van der Waals surface area (Å²) in [6, 6.07) is 14.0. The van der Waals surface area contributed by atoms with Gasteiger partial charge in [-0.05, 0) is 55.5 Å². The lowest BCUT2D eigenvalue weighted by Gasteiger charge is -2.10. The van der Waals surface area contributed by atoms with Crippen LogP contribution in [0.3, 0.4) is 0 Å². The summed E-state index contributed by atoms with van der Waals surface area (Å²) in [7, 11) is 0. The van der Waals surface area contributed by atoms with Crippen molar-refractivity contribution in [2.75, 3.05) is 5.32 Å². The molecule has 1 N–H and O–H groups in total. The Kier molecular flexibility index (Phi) is 5.07. The number of rotatable bonds is 4. The van der Waals surface area contributed by atoms with Crippen molar-refractivity contribution < 1.29 is 22.7 Å². The number of halogens is 3. The number of aromatic nitrogens is 2. The van der Waals surface area contributed by atoms with Gasteiger partial charge in [0.05, 0.1) is 11.3 Å². The van der Waals surface area contributed by atoms with Crippen LogP contribution >= 0.6 is 0 Å². The van der Waals surface area contributed by atoms with Crippen LogP contribution in [0, 0.1) is 6.92 Å². The van der Waals surface area contributed by atoms with Crippen LogP contribution in [0.25, 0.3) is 0 Å². The number of hydrogen-bond acceptors (Lipinski definition) is 4. The lowest BCUT2D eigenvalue weighted by Crippen LogP contribution is -2.13. The number of aryl methyl sites for hydroxylation is 1. The minimum atomic E-state index is -4.47. The molecule has 0 saturated carbocycles. The van der Waals surface area contributed by atoms with E-state index in [1.807, 2.05) is 0 Å². The van der Waals surface area contributed by atoms with Crippen LogP contribution in [0.15, 0.2) is 60.7 Å². The van der Waals surface area contributed by atoms with Crippen molar-refractivity contribution in [1.29, 1.82) is 0 Å². The Morgan fingerprint density at radius 3 is 2.37 bits per heavy atom. The summed E-state index contributed by atoms with van der Waals surface area (Å²) in [6.45, 7) is 1.80. The zero-order valence-corrected chi connectivity index (χ0v) is 14.1. The molecule has 27 heavy (non-hydrogen) atoms. The van der Waals surface area contributed by atoms with Crippen molar-refractivity contribution in [2.45, 2.75) is 13.1 Å². The quantitative estimate of drug-likeness (QED) is 0.710. The second kappa shape index (κ2) is 7.45. The van der Waals surface area contributed by atoms with E-state index in [9.17, 15) is 18.0 Å². The Morgan fingerprint density at radius 2 is 1.74 bits per heavy atom. The molecule has 0 spiro atoms. The number of alkyl halides is 3. The van der Waals surface area contributed by atoms with Crippen LogP contribution in [0.5, 0.6) is 11.6 Å². The number of nitrogens with zero attached hydrogens (tertiary/aromatic N) is 2. The van der Waals surface area contributed by atoms with Crippen molar-refractivity contribution in [3.8, 4) is 11.6 Å². The molecule has 0 atom stereocenters. The van der Waals surface area contributed by atoms with Crippen molar-refractivity contribution in [1.82, 2.24) is 10.2 Å². The maximum Gasteiger partial charge on any atom is 0.416 e. The summed E-state index contributed by atoms with van der Waals surface area (Å²) in [5, 5.41) is 10.2. The van der Waals surface area contributed by atoms with Gasteiger partial charge in [-0.1, -0.05) is 6.07 Å². The van der Waals surface area contributed by atoms with Gasteiger partial charge < -0.3 is 10.1 Å². The van der Waals surface area contributed by atoms with E-state index in [0.717, 1.165) is 17.8 Å². The highest BCUT2D eigenvalue weighted by molar-refractivity contribution is 6.04. The van der Waals surface area contributed by atoms with E-state index in [-0.39, 0.29) is 11.3 Å². The number of carbonyl (C=O) groups excluding carboxylic acids is 1. The van der Waals surface area contributed by atoms with Gasteiger partial charge in [-0.2, -0.15) is 18.3 Å². The van der Waals surface area contributed by atoms with Crippen LogP contribution in [-0.4, -0.2) is 16.1 Å². The van der Waals surface area contributed by atoms with Crippen LogP contribution in [0.4, 0.5) is 18.9 Å². The van der Waals surface area contributed by atoms with Gasteiger partial charge in [-0.3, -0.25) is 4.79 Å². The highest BCUT2D eigenvalue weighted by Crippen LogP contribution is 2.30. The molecule has 3 rings (SSSR count). The maximum atomic E-state index is 12.7. The zero-order valence-electron chi connectivity index (χ0n) is 14.1. The number of amides is 1. The summed E-state index contributed by atoms with van der Waals surface area (Å²) < 4.78 is 43.7. The van der Waals surface area contributed by atoms with Gasteiger partial charge in [0.2, 0.25) is 5.88 Å². The third kappa shape index (κ3) is 4.81. The Balaban J connectivity index is 1.68. The van der Waals surface area contributed by atoms with Crippen LogP contribution < -0.4 is 10.1 Å². The molecule has 0 aliphatic carbocycles. The Bertz CT molecular complexity index is 940. The molecule has 0 saturated heterocycles. The van der Waals surface area contributed by atoms with Crippen molar-refractivity contribution in [3.05, 3.63) is 77.5 Å². The normalized spacial score (nSPS) is 11.1. The molecule has 1 heterocycles. The molecule has 1 amide bonds. The zero-order chi connectivity index (χ0) is 19.4. The molecule has 2 aromatic carbocycles. The predicted octanol–water partition coefficient (Wildman–Crippen LogP) is 4.85. The number of benzene rings is 2. The highest BCUT2D eigenvalue weighted by atomic mass is 19.4. The maximum absolute atomic E-state index is 12.7. The van der Waals surface area contributed by atoms with Crippen molar-refractivity contribution in [3.63, 3.8) is 0 Å². The summed E-state index contributed by atoms with van der Waals surface area (Å²) in [6.07, 6.45) is -4.47. The summed E-state index contributed by atoms with van der Waals surface area (Å²) in [5.41, 5.74) is 0.257. The standard InChI is InChI=1S/C19H14F3N3O2/c1-12-5-10-17(25-24-12)27-16-8-6-13(7-9-16)18(26)23-15-4-2-3-14(11-15)19(20,21)22/h2-11H,1H3,(H,23,26). The molecule has 0 radical (unpaired) electrons. The fourth-order valence-electron chi connectivity index (χ4n) is 2.21. The lowest BCUT2D eigenvalue weighted by molar-refractivity contribution is -0.137. The van der Waals surface area contributed by atoms with E-state index in [0.29, 0.717) is 11.6 Å². The minimum Gasteiger partial charge on any atom is -0.438 e. The van der Waals surface area contributed by atoms with Crippen LogP contribution in [-0.2, 0) is 6.18 Å². The summed E-state index contributed by atoms with van der Waals surface area (Å²) >= 11 is 0. The van der Waals surface area contributed by atoms with E-state index in [1.165, 1.54) is 24.3 Å². The first-order chi connectivity index (χ1) is 12.8. The molecular weight excluding hydrogens is 359 g/mol. The van der Waals surface area contributed by atoms with Gasteiger partial charge >= 0.3 is 6.18 Å². The smallest absolute Gasteiger partial charge is 0.416 e. The summed E-state index contributed by atoms with van der Waals surface area (Å²) in [4.78, 5) is 12.2. The van der Waals surface area contributed by atoms with E-state index < -0.39 is 17.6 Å². The largest absolute Gasteiger partial charge is 0.438 e. The number of carbonyl (C=O) groups is 1. The molecule has 138 valence electrons. The van der Waals surface area contributed by atoms with Gasteiger partial charge in [0, 0.05) is 17.3 Å². The van der Waals surface area contributed by atoms with E-state index >= 15 is 0 Å². The monoisotopic (exact) mass is 373 g/mol. The van der Waals surface area contributed by atoms with Gasteiger partial charge in [-0.15, -0.1) is 5.10 Å². The average molecular weight is 373 g/mol.